The minimum Gasteiger partial charge on any atom is -0.464 e. The number of benzene rings is 4. The van der Waals surface area contributed by atoms with Gasteiger partial charge in [0.05, 0.1) is 41.9 Å². The predicted octanol–water partition coefficient (Wildman–Crippen LogP) is 10.9. The number of carbonyl (C=O) groups excluding carboxylic acids is 1. The predicted molar refractivity (Wildman–Crippen MR) is 270 cm³/mol. The van der Waals surface area contributed by atoms with Crippen molar-refractivity contribution in [3.8, 4) is 0 Å². The highest BCUT2D eigenvalue weighted by atomic mass is 35.5. The number of H-pyrrole nitrogens is 1. The molecule has 71 heavy (non-hydrogen) atoms. The molecule has 2 unspecified atom stereocenters. The molecular weight excluding hydrogens is 1000 g/mol. The van der Waals surface area contributed by atoms with E-state index < -0.39 is 33.8 Å². The van der Waals surface area contributed by atoms with Crippen LogP contribution in [0.25, 0.3) is 0 Å². The number of methoxy groups -OCH3 is 1. The summed E-state index contributed by atoms with van der Waals surface area (Å²) in [5, 5.41) is 38.3. The quantitative estimate of drug-likeness (QED) is 0.0262. The minimum atomic E-state index is -4.44. The number of hydrogen-bond acceptors (Lipinski definition) is 12. The molecule has 4 aromatic carbocycles. The Balaban J connectivity index is 0.000000202. The topological polar surface area (TPSA) is 174 Å². The van der Waals surface area contributed by atoms with E-state index in [2.05, 4.69) is 30.5 Å². The van der Waals surface area contributed by atoms with Crippen LogP contribution in [0.3, 0.4) is 0 Å². The molecule has 0 aliphatic heterocycles. The van der Waals surface area contributed by atoms with Gasteiger partial charge < -0.3 is 24.6 Å². The lowest BCUT2D eigenvalue weighted by Gasteiger charge is -2.40. The summed E-state index contributed by atoms with van der Waals surface area (Å²) in [5.41, 5.74) is 0.510. The van der Waals surface area contributed by atoms with Gasteiger partial charge in [-0.25, -0.2) is 14.8 Å². The van der Waals surface area contributed by atoms with Gasteiger partial charge in [0.2, 0.25) is 4.77 Å². The van der Waals surface area contributed by atoms with Gasteiger partial charge in [-0.05, 0) is 97.3 Å². The van der Waals surface area contributed by atoms with Gasteiger partial charge in [-0.15, -0.1) is 11.6 Å². The molecule has 1 aliphatic rings. The van der Waals surface area contributed by atoms with Crippen LogP contribution in [0.5, 0.6) is 0 Å². The van der Waals surface area contributed by atoms with Gasteiger partial charge in [0.25, 0.3) is 0 Å². The number of halogens is 6. The number of rotatable bonds is 17. The van der Waals surface area contributed by atoms with E-state index in [0.29, 0.717) is 40.3 Å². The van der Waals surface area contributed by atoms with Crippen molar-refractivity contribution in [3.05, 3.63) is 164 Å². The second-order valence-electron chi connectivity index (χ2n) is 17.8. The van der Waals surface area contributed by atoms with E-state index in [9.17, 15) is 28.2 Å². The fraction of sp³-hybridized carbons (Fsp3) is 0.380. The second-order valence-corrected chi connectivity index (χ2v) is 19.8. The number of nitrogens with one attached hydrogen (secondary N) is 1. The van der Waals surface area contributed by atoms with Gasteiger partial charge in [-0.1, -0.05) is 121 Å². The summed E-state index contributed by atoms with van der Waals surface area (Å²) >= 11 is 23.8. The minimum absolute atomic E-state index is 0.0484. The number of carbonyl (C=O) groups is 1. The maximum Gasteiger partial charge on any atom is 0.416 e. The third-order valence-corrected chi connectivity index (χ3v) is 13.6. The molecule has 1 fully saturated rings. The first-order chi connectivity index (χ1) is 33.5. The number of hydrogen-bond donors (Lipinski definition) is 3. The first kappa shape index (κ1) is 56.3. The zero-order valence-electron chi connectivity index (χ0n) is 40.0. The third-order valence-electron chi connectivity index (χ3n) is 11.9. The van der Waals surface area contributed by atoms with E-state index in [1.165, 1.54) is 51.5 Å². The zero-order valence-corrected chi connectivity index (χ0v) is 43.0. The molecule has 0 spiro atoms. The summed E-state index contributed by atoms with van der Waals surface area (Å²) in [6.45, 7) is 8.33. The standard InChI is InChI=1S/C20H19F3N2O4.C16H22ClN3O.C14H15Cl2N3OS/c1-13(14-8-6-9-16(11-14)20(21,22)23)24-29-12-15-7-4-5-10-17(15)18(25-28-3)19(26)27-2;1-15(2,3)16(21,10-20-12-18-11-19-20)9-8-13-4-6-14(17)7-5-13;15-11-4-2-1-3-10(11)7-14(20,13(16)5-6-13)8-19-12(21)17-9-18-19/h4-11H,12H2,1-3H3;4-7,11-12,21H,8-10H2,1-3H3;1-4,9,20H,5-8H2,(H,17,18,21)/b24-13+,25-18-;;. The van der Waals surface area contributed by atoms with Crippen molar-refractivity contribution >= 4 is 64.4 Å². The van der Waals surface area contributed by atoms with Crippen molar-refractivity contribution in [3.63, 3.8) is 0 Å². The molecule has 0 radical (unpaired) electrons. The van der Waals surface area contributed by atoms with Gasteiger partial charge in [-0.2, -0.15) is 18.3 Å². The summed E-state index contributed by atoms with van der Waals surface area (Å²) in [5.74, 6) is -0.692. The molecular formula is C50H56Cl3F3N8O6S. The number of oxime groups is 2. The van der Waals surface area contributed by atoms with E-state index >= 15 is 0 Å². The molecule has 2 heterocycles. The number of aromatic amines is 1. The average molecular weight is 1060 g/mol. The van der Waals surface area contributed by atoms with E-state index in [0.717, 1.165) is 42.0 Å². The molecule has 3 N–H and O–H groups in total. The van der Waals surface area contributed by atoms with Gasteiger partial charge in [-0.3, -0.25) is 14.5 Å². The first-order valence-electron chi connectivity index (χ1n) is 22.2. The van der Waals surface area contributed by atoms with E-state index in [1.54, 1.807) is 40.0 Å². The van der Waals surface area contributed by atoms with Crippen LogP contribution in [0.4, 0.5) is 13.2 Å². The lowest BCUT2D eigenvalue weighted by Crippen LogP contribution is -2.47. The Labute approximate surface area is 430 Å². The molecule has 21 heteroatoms. The van der Waals surface area contributed by atoms with Crippen LogP contribution in [0, 0.1) is 10.2 Å². The largest absolute Gasteiger partial charge is 0.464 e. The lowest BCUT2D eigenvalue weighted by molar-refractivity contribution is -0.137. The Morgan fingerprint density at radius 1 is 0.915 bits per heavy atom. The number of aliphatic hydroxyl groups is 2. The van der Waals surface area contributed by atoms with Crippen molar-refractivity contribution < 1.29 is 42.6 Å². The molecule has 2 atom stereocenters. The molecule has 0 amide bonds. The van der Waals surface area contributed by atoms with Crippen LogP contribution in [0.1, 0.15) is 80.3 Å². The Bertz CT molecular complexity index is 2800. The van der Waals surface area contributed by atoms with Crippen molar-refractivity contribution in [1.82, 2.24) is 29.5 Å². The van der Waals surface area contributed by atoms with Crippen molar-refractivity contribution in [2.75, 3.05) is 14.2 Å². The van der Waals surface area contributed by atoms with E-state index in [4.69, 9.17) is 61.4 Å². The fourth-order valence-electron chi connectivity index (χ4n) is 7.25. The van der Waals surface area contributed by atoms with Crippen LogP contribution in [-0.4, -0.2) is 87.4 Å². The number of alkyl halides is 4. The smallest absolute Gasteiger partial charge is 0.416 e. The van der Waals surface area contributed by atoms with Crippen molar-refractivity contribution in [2.24, 2.45) is 15.7 Å². The summed E-state index contributed by atoms with van der Waals surface area (Å²) in [6.07, 6.45) is 3.55. The Kier molecular flexibility index (Phi) is 19.6. The number of aryl methyl sites for hydroxylation is 1. The molecule has 7 rings (SSSR count). The maximum absolute atomic E-state index is 12.9. The first-order valence-corrected chi connectivity index (χ1v) is 23.7. The fourth-order valence-corrected chi connectivity index (χ4v) is 7.97. The summed E-state index contributed by atoms with van der Waals surface area (Å²) < 4.78 is 47.0. The highest BCUT2D eigenvalue weighted by molar-refractivity contribution is 7.71. The van der Waals surface area contributed by atoms with Gasteiger partial charge >= 0.3 is 12.1 Å². The highest BCUT2D eigenvalue weighted by Gasteiger charge is 2.58. The lowest BCUT2D eigenvalue weighted by atomic mass is 9.73. The molecule has 14 nitrogen and oxygen atoms in total. The summed E-state index contributed by atoms with van der Waals surface area (Å²) in [7, 11) is 2.51. The Morgan fingerprint density at radius 2 is 1.59 bits per heavy atom. The number of aromatic nitrogens is 6. The second kappa shape index (κ2) is 24.7. The van der Waals surface area contributed by atoms with Crippen molar-refractivity contribution in [1.29, 1.82) is 0 Å². The SMILES string of the molecule is CC(C)(C)C(O)(CCc1ccc(Cl)cc1)Cn1cncn1.CO/N=C(\C(=O)OC)c1ccccc1CO/N=C(\C)c1cccc(C(F)(F)F)c1.OC(Cc1ccccc1Cl)(Cn1[nH]cnc1=S)C1(Cl)CC1. The summed E-state index contributed by atoms with van der Waals surface area (Å²) in [6, 6.07) is 26.8. The Morgan fingerprint density at radius 3 is 2.17 bits per heavy atom. The number of nitrogens with zero attached hydrogens (tertiary/aromatic N) is 7. The third kappa shape index (κ3) is 15.7. The molecule has 380 valence electrons. The summed E-state index contributed by atoms with van der Waals surface area (Å²) in [4.78, 5) is 29.2. The Hall–Kier alpha value is -5.63. The van der Waals surface area contributed by atoms with Crippen LogP contribution < -0.4 is 0 Å². The molecule has 6 aromatic rings. The molecule has 1 saturated carbocycles. The normalized spacial score (nSPS) is 15.2. The van der Waals surface area contributed by atoms with Gasteiger partial charge in [0.1, 0.15) is 38.3 Å². The maximum atomic E-state index is 12.9. The van der Waals surface area contributed by atoms with Gasteiger partial charge in [0, 0.05) is 27.6 Å². The average Bonchev–Trinajstić information content (AvgIpc) is 3.67. The van der Waals surface area contributed by atoms with E-state index in [1.807, 2.05) is 69.3 Å². The molecule has 0 bridgehead atoms. The van der Waals surface area contributed by atoms with E-state index in [-0.39, 0.29) is 35.6 Å². The van der Waals surface area contributed by atoms with Gasteiger partial charge in [0.15, 0.2) is 5.71 Å². The number of esters is 1. The van der Waals surface area contributed by atoms with Crippen LogP contribution in [0.15, 0.2) is 126 Å². The number of ether oxygens (including phenoxy) is 1. The van der Waals surface area contributed by atoms with Crippen LogP contribution in [0.2, 0.25) is 10.0 Å². The molecule has 0 saturated heterocycles. The molecule has 1 aliphatic carbocycles. The monoisotopic (exact) mass is 1060 g/mol. The van der Waals surface area contributed by atoms with Crippen molar-refractivity contribution in [2.45, 2.75) is 102 Å². The molecule has 2 aromatic heterocycles. The van der Waals surface area contributed by atoms with Crippen LogP contribution >= 0.6 is 47.0 Å². The highest BCUT2D eigenvalue weighted by Crippen LogP contribution is 2.53. The van der Waals surface area contributed by atoms with Crippen LogP contribution in [-0.2, 0) is 57.9 Å². The zero-order chi connectivity index (χ0) is 52.0.